The lowest BCUT2D eigenvalue weighted by Crippen LogP contribution is -2.45. The zero-order valence-corrected chi connectivity index (χ0v) is 42.1. The van der Waals surface area contributed by atoms with Gasteiger partial charge in [-0.3, -0.25) is 9.59 Å². The molecule has 0 saturated carbocycles. The third-order valence-electron chi connectivity index (χ3n) is 13.4. The summed E-state index contributed by atoms with van der Waals surface area (Å²) >= 11 is 0. The van der Waals surface area contributed by atoms with E-state index < -0.39 is 12.1 Å². The molecule has 0 radical (unpaired) electrons. The Morgan fingerprint density at radius 1 is 0.387 bits per heavy atom. The molecule has 62 heavy (non-hydrogen) atoms. The van der Waals surface area contributed by atoms with Crippen LogP contribution in [0, 0.1) is 0 Å². The van der Waals surface area contributed by atoms with Gasteiger partial charge < -0.3 is 20.3 Å². The number of carbonyl (C=O) groups excluding carboxylic acids is 2. The molecule has 0 aromatic heterocycles. The van der Waals surface area contributed by atoms with Crippen LogP contribution in [0.2, 0.25) is 0 Å². The van der Waals surface area contributed by atoms with Crippen molar-refractivity contribution in [2.75, 3.05) is 13.2 Å². The number of esters is 1. The number of hydrogen-bond acceptors (Lipinski definition) is 5. The predicted molar refractivity (Wildman–Crippen MR) is 269 cm³/mol. The fourth-order valence-corrected chi connectivity index (χ4v) is 9.05. The lowest BCUT2D eigenvalue weighted by atomic mass is 10.0. The van der Waals surface area contributed by atoms with Crippen molar-refractivity contribution in [2.45, 2.75) is 334 Å². The van der Waals surface area contributed by atoms with Gasteiger partial charge in [-0.05, 0) is 25.7 Å². The molecule has 0 aliphatic heterocycles. The van der Waals surface area contributed by atoms with E-state index in [4.69, 9.17) is 4.74 Å². The molecule has 0 bridgehead atoms. The number of unbranched alkanes of at least 4 members (excludes halogenated alkanes) is 42. The number of aliphatic hydroxyl groups excluding tert-OH is 2. The normalized spacial score (nSPS) is 12.5. The fraction of sp³-hybridized carbons (Fsp3) is 0.964. The van der Waals surface area contributed by atoms with Crippen LogP contribution in [0.1, 0.15) is 322 Å². The maximum Gasteiger partial charge on any atom is 0.305 e. The molecular weight excluding hydrogens is 767 g/mol. The minimum absolute atomic E-state index is 0.0140. The van der Waals surface area contributed by atoms with Crippen LogP contribution in [0.3, 0.4) is 0 Å². The van der Waals surface area contributed by atoms with Crippen molar-refractivity contribution < 1.29 is 24.5 Å². The molecule has 0 rings (SSSR count). The zero-order valence-electron chi connectivity index (χ0n) is 42.1. The van der Waals surface area contributed by atoms with E-state index >= 15 is 0 Å². The summed E-state index contributed by atoms with van der Waals surface area (Å²) in [6.07, 6.45) is 59.4. The molecule has 6 heteroatoms. The van der Waals surface area contributed by atoms with Crippen LogP contribution in [-0.2, 0) is 14.3 Å². The van der Waals surface area contributed by atoms with E-state index in [9.17, 15) is 19.8 Å². The summed E-state index contributed by atoms with van der Waals surface area (Å²) in [5.41, 5.74) is 0. The van der Waals surface area contributed by atoms with Crippen molar-refractivity contribution in [1.29, 1.82) is 0 Å². The Labute approximate surface area is 387 Å². The van der Waals surface area contributed by atoms with Gasteiger partial charge >= 0.3 is 5.97 Å². The molecule has 3 N–H and O–H groups in total. The van der Waals surface area contributed by atoms with Crippen LogP contribution in [-0.4, -0.2) is 47.4 Å². The van der Waals surface area contributed by atoms with Gasteiger partial charge in [0.2, 0.25) is 5.91 Å². The summed E-state index contributed by atoms with van der Waals surface area (Å²) in [4.78, 5) is 24.5. The predicted octanol–water partition coefficient (Wildman–Crippen LogP) is 17.1. The lowest BCUT2D eigenvalue weighted by Gasteiger charge is -2.22. The molecule has 2 atom stereocenters. The highest BCUT2D eigenvalue weighted by molar-refractivity contribution is 5.76. The van der Waals surface area contributed by atoms with E-state index in [1.54, 1.807) is 0 Å². The highest BCUT2D eigenvalue weighted by atomic mass is 16.5. The summed E-state index contributed by atoms with van der Waals surface area (Å²) in [5.74, 6) is -0.0676. The average Bonchev–Trinajstić information content (AvgIpc) is 3.27. The summed E-state index contributed by atoms with van der Waals surface area (Å²) in [6.45, 7) is 4.93. The van der Waals surface area contributed by atoms with E-state index in [1.165, 1.54) is 231 Å². The van der Waals surface area contributed by atoms with Crippen molar-refractivity contribution >= 4 is 11.9 Å². The van der Waals surface area contributed by atoms with Gasteiger partial charge in [0.25, 0.3) is 0 Å². The Morgan fingerprint density at radius 2 is 0.661 bits per heavy atom. The molecule has 1 amide bonds. The second-order valence-electron chi connectivity index (χ2n) is 19.6. The minimum atomic E-state index is -0.678. The van der Waals surface area contributed by atoms with Gasteiger partial charge in [0, 0.05) is 12.8 Å². The largest absolute Gasteiger partial charge is 0.466 e. The van der Waals surface area contributed by atoms with Gasteiger partial charge in [-0.1, -0.05) is 284 Å². The lowest BCUT2D eigenvalue weighted by molar-refractivity contribution is -0.143. The number of amides is 1. The van der Waals surface area contributed by atoms with E-state index in [2.05, 4.69) is 19.2 Å². The van der Waals surface area contributed by atoms with Gasteiger partial charge in [-0.2, -0.15) is 0 Å². The Balaban J connectivity index is 3.45. The third-order valence-corrected chi connectivity index (χ3v) is 13.4. The van der Waals surface area contributed by atoms with Gasteiger partial charge in [-0.25, -0.2) is 0 Å². The second-order valence-corrected chi connectivity index (χ2v) is 19.6. The third kappa shape index (κ3) is 48.3. The molecular formula is C56H111NO5. The SMILES string of the molecule is CCCCCCCCCCCCCCCCCCCCCC(O)C(CO)NC(=O)CCCCCCCCCCCCOC(=O)CCCCCCCCCCCCCCCCCC. The first-order valence-corrected chi connectivity index (χ1v) is 28.3. The van der Waals surface area contributed by atoms with Crippen molar-refractivity contribution in [2.24, 2.45) is 0 Å². The van der Waals surface area contributed by atoms with Crippen LogP contribution in [0.25, 0.3) is 0 Å². The molecule has 2 unspecified atom stereocenters. The van der Waals surface area contributed by atoms with E-state index in [-0.39, 0.29) is 18.5 Å². The van der Waals surface area contributed by atoms with Gasteiger partial charge in [0.05, 0.1) is 25.4 Å². The Kier molecular flexibility index (Phi) is 51.5. The number of aliphatic hydroxyl groups is 2. The first-order chi connectivity index (χ1) is 30.5. The molecule has 0 aliphatic rings. The van der Waals surface area contributed by atoms with E-state index in [0.717, 1.165) is 57.8 Å². The van der Waals surface area contributed by atoms with Crippen molar-refractivity contribution in [3.63, 3.8) is 0 Å². The van der Waals surface area contributed by atoms with Crippen LogP contribution < -0.4 is 5.32 Å². The summed E-state index contributed by atoms with van der Waals surface area (Å²) in [7, 11) is 0. The Bertz CT molecular complexity index is 882. The summed E-state index contributed by atoms with van der Waals surface area (Å²) in [5, 5.41) is 23.3. The van der Waals surface area contributed by atoms with Crippen LogP contribution in [0.5, 0.6) is 0 Å². The Morgan fingerprint density at radius 3 is 0.984 bits per heavy atom. The Hall–Kier alpha value is -1.14. The van der Waals surface area contributed by atoms with Crippen LogP contribution in [0.15, 0.2) is 0 Å². The van der Waals surface area contributed by atoms with Gasteiger partial charge in [-0.15, -0.1) is 0 Å². The summed E-state index contributed by atoms with van der Waals surface area (Å²) < 4.78 is 5.47. The first-order valence-electron chi connectivity index (χ1n) is 28.3. The van der Waals surface area contributed by atoms with Gasteiger partial charge in [0.15, 0.2) is 0 Å². The van der Waals surface area contributed by atoms with Crippen LogP contribution in [0.4, 0.5) is 0 Å². The van der Waals surface area contributed by atoms with Crippen LogP contribution >= 0.6 is 0 Å². The number of hydrogen-bond donors (Lipinski definition) is 3. The molecule has 0 spiro atoms. The summed E-state index contributed by atoms with van der Waals surface area (Å²) in [6, 6.07) is -0.557. The number of carbonyl (C=O) groups is 2. The van der Waals surface area contributed by atoms with Crippen molar-refractivity contribution in [3.8, 4) is 0 Å². The maximum absolute atomic E-state index is 12.5. The highest BCUT2D eigenvalue weighted by Crippen LogP contribution is 2.18. The first kappa shape index (κ1) is 60.9. The average molecular weight is 879 g/mol. The minimum Gasteiger partial charge on any atom is -0.466 e. The maximum atomic E-state index is 12.5. The molecule has 6 nitrogen and oxygen atoms in total. The standard InChI is InChI=1S/C56H111NO5/c1-3-5-7-9-11-13-15-17-19-21-22-23-24-26-28-32-36-40-44-48-54(59)53(52-58)57-55(60)49-45-41-37-33-30-31-35-39-43-47-51-62-56(61)50-46-42-38-34-29-27-25-20-18-16-14-12-10-8-6-4-2/h53-54,58-59H,3-52H2,1-2H3,(H,57,60). The van der Waals surface area contributed by atoms with Crippen molar-refractivity contribution in [3.05, 3.63) is 0 Å². The number of rotatable bonds is 53. The number of ether oxygens (including phenoxy) is 1. The monoisotopic (exact) mass is 878 g/mol. The van der Waals surface area contributed by atoms with Crippen molar-refractivity contribution in [1.82, 2.24) is 5.32 Å². The molecule has 0 heterocycles. The zero-order chi connectivity index (χ0) is 45.1. The van der Waals surface area contributed by atoms with E-state index in [1.807, 2.05) is 0 Å². The molecule has 0 aliphatic carbocycles. The smallest absolute Gasteiger partial charge is 0.305 e. The molecule has 0 aromatic carbocycles. The molecule has 370 valence electrons. The van der Waals surface area contributed by atoms with Gasteiger partial charge in [0.1, 0.15) is 0 Å². The van der Waals surface area contributed by atoms with E-state index in [0.29, 0.717) is 25.9 Å². The second kappa shape index (κ2) is 52.5. The molecule has 0 fully saturated rings. The molecule has 0 aromatic rings. The number of nitrogens with one attached hydrogen (secondary N) is 1. The highest BCUT2D eigenvalue weighted by Gasteiger charge is 2.20. The molecule has 0 saturated heterocycles. The fourth-order valence-electron chi connectivity index (χ4n) is 9.05. The quantitative estimate of drug-likeness (QED) is 0.0418. The topological polar surface area (TPSA) is 95.9 Å².